The minimum Gasteiger partial charge on any atom is -0.505 e. The van der Waals surface area contributed by atoms with Gasteiger partial charge in [-0.25, -0.2) is 4.98 Å². The molecule has 0 radical (unpaired) electrons. The molecule has 3 aromatic carbocycles. The summed E-state index contributed by atoms with van der Waals surface area (Å²) in [7, 11) is 0. The second-order valence-electron chi connectivity index (χ2n) is 6.64. The van der Waals surface area contributed by atoms with Crippen LogP contribution in [0.2, 0.25) is 10.0 Å². The summed E-state index contributed by atoms with van der Waals surface area (Å²) < 4.78 is 0. The van der Waals surface area contributed by atoms with E-state index in [2.05, 4.69) is 10.3 Å². The average Bonchev–Trinajstić information content (AvgIpc) is 2.71. The fourth-order valence-electron chi connectivity index (χ4n) is 3.26. The van der Waals surface area contributed by atoms with Crippen LogP contribution in [0.25, 0.3) is 10.9 Å². The van der Waals surface area contributed by atoms with Gasteiger partial charge in [-0.3, -0.25) is 0 Å². The Balaban J connectivity index is 1.85. The first-order chi connectivity index (χ1) is 13.5. The van der Waals surface area contributed by atoms with Crippen LogP contribution in [0.3, 0.4) is 0 Å². The Hall–Kier alpha value is -2.75. The van der Waals surface area contributed by atoms with Crippen molar-refractivity contribution in [1.82, 2.24) is 4.98 Å². The van der Waals surface area contributed by atoms with Crippen LogP contribution < -0.4 is 5.32 Å². The molecule has 4 rings (SSSR count). The number of phenols is 1. The third kappa shape index (κ3) is 3.64. The number of hydrogen-bond donors (Lipinski definition) is 2. The smallest absolute Gasteiger partial charge is 0.147 e. The van der Waals surface area contributed by atoms with Crippen molar-refractivity contribution in [2.75, 3.05) is 5.32 Å². The number of rotatable bonds is 4. The monoisotopic (exact) mass is 408 g/mol. The number of phenolic OH excluding ortho intramolecular Hbond substituents is 1. The van der Waals surface area contributed by atoms with Crippen molar-refractivity contribution in [2.45, 2.75) is 13.0 Å². The van der Waals surface area contributed by atoms with Gasteiger partial charge in [-0.15, -0.1) is 0 Å². The van der Waals surface area contributed by atoms with E-state index in [1.165, 1.54) is 0 Å². The third-order valence-electron chi connectivity index (χ3n) is 4.68. The summed E-state index contributed by atoms with van der Waals surface area (Å²) in [5, 5.41) is 16.4. The summed E-state index contributed by atoms with van der Waals surface area (Å²) in [5.41, 5.74) is 4.00. The van der Waals surface area contributed by atoms with Crippen LogP contribution in [0, 0.1) is 6.92 Å². The summed E-state index contributed by atoms with van der Waals surface area (Å²) in [4.78, 5) is 4.53. The van der Waals surface area contributed by atoms with Gasteiger partial charge in [0.25, 0.3) is 0 Å². The highest BCUT2D eigenvalue weighted by molar-refractivity contribution is 6.42. The van der Waals surface area contributed by atoms with Crippen molar-refractivity contribution in [1.29, 1.82) is 0 Å². The molecule has 0 aliphatic carbocycles. The fourth-order valence-corrected chi connectivity index (χ4v) is 3.56. The van der Waals surface area contributed by atoms with E-state index in [1.54, 1.807) is 12.1 Å². The Morgan fingerprint density at radius 2 is 1.64 bits per heavy atom. The molecule has 1 heterocycles. The Morgan fingerprint density at radius 1 is 0.893 bits per heavy atom. The molecule has 0 amide bonds. The van der Waals surface area contributed by atoms with Crippen LogP contribution in [0.1, 0.15) is 22.9 Å². The summed E-state index contributed by atoms with van der Waals surface area (Å²) in [6, 6.07) is 22.8. The highest BCUT2D eigenvalue weighted by atomic mass is 35.5. The summed E-state index contributed by atoms with van der Waals surface area (Å²) >= 11 is 12.2. The molecule has 1 atom stereocenters. The SMILES string of the molecule is Cc1ccc2ccc(C(Nc3ccc(Cl)c(Cl)c3)c3ccccc3)c(O)c2n1. The highest BCUT2D eigenvalue weighted by Gasteiger charge is 2.20. The number of aromatic hydroxyl groups is 1. The van der Waals surface area contributed by atoms with Gasteiger partial charge in [0, 0.05) is 22.3 Å². The lowest BCUT2D eigenvalue weighted by atomic mass is 9.96. The Morgan fingerprint density at radius 3 is 2.39 bits per heavy atom. The lowest BCUT2D eigenvalue weighted by Gasteiger charge is -2.23. The zero-order valence-corrected chi connectivity index (χ0v) is 16.7. The lowest BCUT2D eigenvalue weighted by molar-refractivity contribution is 0.471. The molecular formula is C23H18Cl2N2O. The van der Waals surface area contributed by atoms with Gasteiger partial charge in [-0.05, 0) is 36.8 Å². The van der Waals surface area contributed by atoms with Crippen molar-refractivity contribution in [3.05, 3.63) is 99.7 Å². The van der Waals surface area contributed by atoms with Gasteiger partial charge in [-0.2, -0.15) is 0 Å². The van der Waals surface area contributed by atoms with E-state index in [9.17, 15) is 5.11 Å². The zero-order chi connectivity index (χ0) is 19.7. The van der Waals surface area contributed by atoms with Crippen LogP contribution in [-0.4, -0.2) is 10.1 Å². The first kappa shape index (κ1) is 18.6. The van der Waals surface area contributed by atoms with Crippen molar-refractivity contribution in [2.24, 2.45) is 0 Å². The number of nitrogens with one attached hydrogen (secondary N) is 1. The van der Waals surface area contributed by atoms with Crippen LogP contribution in [0.4, 0.5) is 5.69 Å². The van der Waals surface area contributed by atoms with Crippen LogP contribution in [0.5, 0.6) is 5.75 Å². The summed E-state index contributed by atoms with van der Waals surface area (Å²) in [6.45, 7) is 1.91. The van der Waals surface area contributed by atoms with Gasteiger partial charge in [0.1, 0.15) is 11.3 Å². The van der Waals surface area contributed by atoms with Gasteiger partial charge in [0.15, 0.2) is 0 Å². The van der Waals surface area contributed by atoms with E-state index >= 15 is 0 Å². The normalized spacial score (nSPS) is 12.1. The number of pyridine rings is 1. The maximum Gasteiger partial charge on any atom is 0.147 e. The van der Waals surface area contributed by atoms with Crippen LogP contribution >= 0.6 is 23.2 Å². The molecule has 3 nitrogen and oxygen atoms in total. The van der Waals surface area contributed by atoms with Crippen LogP contribution in [-0.2, 0) is 0 Å². The molecule has 1 unspecified atom stereocenters. The van der Waals surface area contributed by atoms with E-state index in [0.29, 0.717) is 15.6 Å². The number of nitrogens with zero attached hydrogens (tertiary/aromatic N) is 1. The number of halogens is 2. The van der Waals surface area contributed by atoms with Gasteiger partial charge in [0.2, 0.25) is 0 Å². The molecule has 0 bridgehead atoms. The maximum atomic E-state index is 11.0. The van der Waals surface area contributed by atoms with E-state index < -0.39 is 0 Å². The number of anilines is 1. The zero-order valence-electron chi connectivity index (χ0n) is 15.2. The Kier molecular flexibility index (Phi) is 5.12. The highest BCUT2D eigenvalue weighted by Crippen LogP contribution is 2.37. The topological polar surface area (TPSA) is 45.1 Å². The molecule has 0 aliphatic heterocycles. The van der Waals surface area contributed by atoms with Gasteiger partial charge < -0.3 is 10.4 Å². The quantitative estimate of drug-likeness (QED) is 0.392. The molecule has 0 saturated heterocycles. The molecule has 0 fully saturated rings. The van der Waals surface area contributed by atoms with E-state index in [0.717, 1.165) is 27.9 Å². The Bertz CT molecular complexity index is 1150. The van der Waals surface area contributed by atoms with E-state index in [1.807, 2.05) is 67.6 Å². The number of benzene rings is 3. The predicted molar refractivity (Wildman–Crippen MR) is 117 cm³/mol. The second-order valence-corrected chi connectivity index (χ2v) is 7.46. The minimum absolute atomic E-state index is 0.169. The molecule has 28 heavy (non-hydrogen) atoms. The van der Waals surface area contributed by atoms with Crippen molar-refractivity contribution >= 4 is 39.8 Å². The maximum absolute atomic E-state index is 11.0. The van der Waals surface area contributed by atoms with E-state index in [4.69, 9.17) is 23.2 Å². The molecular weight excluding hydrogens is 391 g/mol. The largest absolute Gasteiger partial charge is 0.505 e. The minimum atomic E-state index is -0.287. The van der Waals surface area contributed by atoms with Gasteiger partial charge >= 0.3 is 0 Å². The van der Waals surface area contributed by atoms with Gasteiger partial charge in [0.05, 0.1) is 16.1 Å². The number of aromatic nitrogens is 1. The Labute approximate surface area is 173 Å². The molecule has 0 saturated carbocycles. The van der Waals surface area contributed by atoms with Crippen LogP contribution in [0.15, 0.2) is 72.8 Å². The molecule has 2 N–H and O–H groups in total. The van der Waals surface area contributed by atoms with Crippen molar-refractivity contribution < 1.29 is 5.11 Å². The molecule has 0 aliphatic rings. The standard InChI is InChI=1S/C23H18Cl2N2O/c1-14-7-8-16-9-11-18(23(28)22(16)26-14)21(15-5-3-2-4-6-15)27-17-10-12-19(24)20(25)13-17/h2-13,21,27-28H,1H3. The van der Waals surface area contributed by atoms with E-state index in [-0.39, 0.29) is 11.8 Å². The summed E-state index contributed by atoms with van der Waals surface area (Å²) in [6.07, 6.45) is 0. The fraction of sp³-hybridized carbons (Fsp3) is 0.0870. The molecule has 1 aromatic heterocycles. The average molecular weight is 409 g/mol. The number of hydrogen-bond acceptors (Lipinski definition) is 3. The van der Waals surface area contributed by atoms with Crippen molar-refractivity contribution in [3.8, 4) is 5.75 Å². The lowest BCUT2D eigenvalue weighted by Crippen LogP contribution is -2.13. The molecule has 5 heteroatoms. The van der Waals surface area contributed by atoms with Crippen molar-refractivity contribution in [3.63, 3.8) is 0 Å². The van der Waals surface area contributed by atoms with Gasteiger partial charge in [-0.1, -0.05) is 71.7 Å². The third-order valence-corrected chi connectivity index (χ3v) is 5.42. The number of fused-ring (bicyclic) bond motifs is 1. The first-order valence-corrected chi connectivity index (χ1v) is 9.64. The summed E-state index contributed by atoms with van der Waals surface area (Å²) in [5.74, 6) is 0.169. The number of aryl methyl sites for hydroxylation is 1. The molecule has 140 valence electrons. The molecule has 0 spiro atoms. The first-order valence-electron chi connectivity index (χ1n) is 8.88. The molecule has 4 aromatic rings. The predicted octanol–water partition coefficient (Wildman–Crippen LogP) is 6.76. The second kappa shape index (κ2) is 7.70.